The van der Waals surface area contributed by atoms with Gasteiger partial charge in [0.25, 0.3) is 0 Å². The van der Waals surface area contributed by atoms with Gasteiger partial charge in [0.05, 0.1) is 20.0 Å². The number of halogens is 1. The van der Waals surface area contributed by atoms with Gasteiger partial charge in [-0.15, -0.1) is 11.6 Å². The highest BCUT2D eigenvalue weighted by atomic mass is 35.5. The molecule has 1 rings (SSSR count). The zero-order valence-electron chi connectivity index (χ0n) is 9.07. The number of benzene rings is 1. The van der Waals surface area contributed by atoms with Crippen LogP contribution in [0.4, 0.5) is 0 Å². The fraction of sp³-hybridized carbons (Fsp3) is 0.400. The summed E-state index contributed by atoms with van der Waals surface area (Å²) >= 11 is 5.45. The summed E-state index contributed by atoms with van der Waals surface area (Å²) in [5.74, 6) is 0.681. The van der Waals surface area contributed by atoms with Gasteiger partial charge in [-0.1, -0.05) is 0 Å². The molecule has 0 radical (unpaired) electrons. The average Bonchev–Trinajstić information content (AvgIpc) is 2.28. The Morgan fingerprint density at radius 1 is 1.25 bits per heavy atom. The Hall–Kier alpha value is -0.940. The highest BCUT2D eigenvalue weighted by molar-refractivity contribution is 7.91. The molecule has 0 bridgehead atoms. The third-order valence-corrected chi connectivity index (χ3v) is 4.20. The van der Waals surface area contributed by atoms with Crippen LogP contribution >= 0.6 is 11.6 Å². The molecule has 6 heteroatoms. The van der Waals surface area contributed by atoms with Crippen molar-refractivity contribution in [3.63, 3.8) is 0 Å². The second kappa shape index (κ2) is 5.41. The van der Waals surface area contributed by atoms with Crippen molar-refractivity contribution in [3.05, 3.63) is 18.2 Å². The van der Waals surface area contributed by atoms with Gasteiger partial charge in [-0.25, -0.2) is 8.42 Å². The third kappa shape index (κ3) is 2.80. The lowest BCUT2D eigenvalue weighted by atomic mass is 10.3. The number of hydrogen-bond donors (Lipinski definition) is 0. The summed E-state index contributed by atoms with van der Waals surface area (Å²) in [4.78, 5) is 0.106. The van der Waals surface area contributed by atoms with Crippen LogP contribution in [0.15, 0.2) is 23.1 Å². The lowest BCUT2D eigenvalue weighted by Crippen LogP contribution is -2.09. The summed E-state index contributed by atoms with van der Waals surface area (Å²) in [5, 5.41) is 0. The van der Waals surface area contributed by atoms with Gasteiger partial charge in [0.2, 0.25) is 0 Å². The molecule has 0 aliphatic heterocycles. The van der Waals surface area contributed by atoms with E-state index in [-0.39, 0.29) is 16.5 Å². The first-order chi connectivity index (χ1) is 7.55. The second-order valence-corrected chi connectivity index (χ2v) is 5.48. The highest BCUT2D eigenvalue weighted by Gasteiger charge is 2.19. The molecule has 0 N–H and O–H groups in total. The maximum atomic E-state index is 11.9. The van der Waals surface area contributed by atoms with Crippen LogP contribution in [0.5, 0.6) is 11.5 Å². The normalized spacial score (nSPS) is 11.2. The Labute approximate surface area is 100 Å². The van der Waals surface area contributed by atoms with Gasteiger partial charge in [-0.2, -0.15) is 0 Å². The van der Waals surface area contributed by atoms with E-state index < -0.39 is 9.84 Å². The molecule has 0 spiro atoms. The number of ether oxygens (including phenoxy) is 2. The summed E-state index contributed by atoms with van der Waals surface area (Å²) in [7, 11) is -0.532. The topological polar surface area (TPSA) is 52.6 Å². The molecule has 1 aromatic carbocycles. The van der Waals surface area contributed by atoms with Crippen molar-refractivity contribution in [3.8, 4) is 11.5 Å². The van der Waals surface area contributed by atoms with Gasteiger partial charge in [0.15, 0.2) is 9.84 Å². The Kier molecular flexibility index (Phi) is 4.44. The fourth-order valence-electron chi connectivity index (χ4n) is 1.24. The molecule has 0 saturated carbocycles. The molecule has 0 saturated heterocycles. The highest BCUT2D eigenvalue weighted by Crippen LogP contribution is 2.28. The van der Waals surface area contributed by atoms with E-state index in [1.54, 1.807) is 12.1 Å². The molecule has 0 amide bonds. The van der Waals surface area contributed by atoms with Crippen molar-refractivity contribution >= 4 is 21.4 Å². The molecule has 0 unspecified atom stereocenters. The zero-order valence-corrected chi connectivity index (χ0v) is 10.6. The van der Waals surface area contributed by atoms with E-state index >= 15 is 0 Å². The molecule has 0 atom stereocenters. The Balaban J connectivity index is 3.29. The predicted molar refractivity (Wildman–Crippen MR) is 62.3 cm³/mol. The van der Waals surface area contributed by atoms with Crippen LogP contribution in [0.25, 0.3) is 0 Å². The van der Waals surface area contributed by atoms with Crippen LogP contribution < -0.4 is 9.47 Å². The lowest BCUT2D eigenvalue weighted by molar-refractivity contribution is 0.392. The Bertz CT molecular complexity index is 456. The van der Waals surface area contributed by atoms with E-state index in [1.165, 1.54) is 20.3 Å². The van der Waals surface area contributed by atoms with Crippen LogP contribution in [0.3, 0.4) is 0 Å². The maximum Gasteiger partial charge on any atom is 0.183 e. The van der Waals surface area contributed by atoms with Crippen molar-refractivity contribution in [2.24, 2.45) is 0 Å². The van der Waals surface area contributed by atoms with Gasteiger partial charge in [0.1, 0.15) is 16.4 Å². The van der Waals surface area contributed by atoms with Crippen molar-refractivity contribution in [1.29, 1.82) is 0 Å². The summed E-state index contributed by atoms with van der Waals surface area (Å²) in [6.45, 7) is 0. The van der Waals surface area contributed by atoms with E-state index in [0.29, 0.717) is 11.5 Å². The molecule has 0 aromatic heterocycles. The van der Waals surface area contributed by atoms with Crippen molar-refractivity contribution in [2.75, 3.05) is 25.9 Å². The number of hydrogen-bond acceptors (Lipinski definition) is 4. The van der Waals surface area contributed by atoms with E-state index in [2.05, 4.69) is 0 Å². The first-order valence-corrected chi connectivity index (χ1v) is 6.74. The summed E-state index contributed by atoms with van der Waals surface area (Å²) in [6.07, 6.45) is 0. The molecule has 1 aromatic rings. The molecule has 4 nitrogen and oxygen atoms in total. The Morgan fingerprint density at radius 2 is 1.94 bits per heavy atom. The van der Waals surface area contributed by atoms with Crippen molar-refractivity contribution in [1.82, 2.24) is 0 Å². The average molecular weight is 265 g/mol. The molecule has 0 aliphatic carbocycles. The van der Waals surface area contributed by atoms with Gasteiger partial charge < -0.3 is 9.47 Å². The summed E-state index contributed by atoms with van der Waals surface area (Å²) in [6, 6.07) is 4.62. The fourth-order valence-corrected chi connectivity index (χ4v) is 3.02. The predicted octanol–water partition coefficient (Wildman–Crippen LogP) is 1.72. The van der Waals surface area contributed by atoms with E-state index in [1.807, 2.05) is 0 Å². The molecular formula is C10H13ClO4S. The summed E-state index contributed by atoms with van der Waals surface area (Å²) < 4.78 is 33.7. The van der Waals surface area contributed by atoms with E-state index in [9.17, 15) is 8.42 Å². The van der Waals surface area contributed by atoms with Crippen molar-refractivity contribution < 1.29 is 17.9 Å². The SMILES string of the molecule is COc1ccc(OC)c(S(=O)(=O)CCCl)c1. The molecule has 90 valence electrons. The number of sulfone groups is 1. The van der Waals surface area contributed by atoms with Crippen molar-refractivity contribution in [2.45, 2.75) is 4.90 Å². The van der Waals surface area contributed by atoms with Gasteiger partial charge in [-0.05, 0) is 12.1 Å². The van der Waals surface area contributed by atoms with Crippen LogP contribution in [0.2, 0.25) is 0 Å². The van der Waals surface area contributed by atoms with Crippen LogP contribution in [-0.4, -0.2) is 34.3 Å². The quantitative estimate of drug-likeness (QED) is 0.760. The first kappa shape index (κ1) is 13.1. The van der Waals surface area contributed by atoms with Crippen LogP contribution in [0, 0.1) is 0 Å². The standard InChI is InChI=1S/C10H13ClO4S/c1-14-8-3-4-9(15-2)10(7-8)16(12,13)6-5-11/h3-4,7H,5-6H2,1-2H3. The number of methoxy groups -OCH3 is 2. The van der Waals surface area contributed by atoms with Crippen LogP contribution in [0.1, 0.15) is 0 Å². The number of rotatable bonds is 5. The van der Waals surface area contributed by atoms with Crippen LogP contribution in [-0.2, 0) is 9.84 Å². The molecular weight excluding hydrogens is 252 g/mol. The molecule has 0 fully saturated rings. The zero-order chi connectivity index (χ0) is 12.2. The monoisotopic (exact) mass is 264 g/mol. The second-order valence-electron chi connectivity index (χ2n) is 3.02. The molecule has 0 aliphatic rings. The van der Waals surface area contributed by atoms with E-state index in [0.717, 1.165) is 0 Å². The third-order valence-electron chi connectivity index (χ3n) is 2.05. The Morgan fingerprint density at radius 3 is 2.44 bits per heavy atom. The largest absolute Gasteiger partial charge is 0.497 e. The minimum Gasteiger partial charge on any atom is -0.497 e. The first-order valence-electron chi connectivity index (χ1n) is 4.56. The van der Waals surface area contributed by atoms with Gasteiger partial charge >= 0.3 is 0 Å². The maximum absolute atomic E-state index is 11.9. The molecule has 16 heavy (non-hydrogen) atoms. The lowest BCUT2D eigenvalue weighted by Gasteiger charge is -2.10. The van der Waals surface area contributed by atoms with Gasteiger partial charge in [0, 0.05) is 11.9 Å². The molecule has 0 heterocycles. The summed E-state index contributed by atoms with van der Waals surface area (Å²) in [5.41, 5.74) is 0. The smallest absolute Gasteiger partial charge is 0.183 e. The van der Waals surface area contributed by atoms with Gasteiger partial charge in [-0.3, -0.25) is 0 Å². The van der Waals surface area contributed by atoms with E-state index in [4.69, 9.17) is 21.1 Å². The minimum absolute atomic E-state index is 0.0443. The minimum atomic E-state index is -3.42. The number of alkyl halides is 1.